The van der Waals surface area contributed by atoms with E-state index in [-0.39, 0.29) is 0 Å². The molecular weight excluding hydrogens is 216 g/mol. The normalized spacial score (nSPS) is 12.6. The van der Waals surface area contributed by atoms with E-state index >= 15 is 0 Å². The monoisotopic (exact) mass is 232 g/mol. The fraction of sp³-hybridized carbons (Fsp3) is 0.333. The van der Waals surface area contributed by atoms with Crippen molar-refractivity contribution in [3.63, 3.8) is 0 Å². The van der Waals surface area contributed by atoms with Crippen molar-refractivity contribution in [1.29, 1.82) is 0 Å². The van der Waals surface area contributed by atoms with Gasteiger partial charge in [0.1, 0.15) is 11.9 Å². The highest BCUT2D eigenvalue weighted by Crippen LogP contribution is 2.25. The van der Waals surface area contributed by atoms with E-state index in [2.05, 4.69) is 10.1 Å². The Hall–Kier alpha value is -1.88. The molecule has 3 N–H and O–H groups in total. The third-order valence-corrected chi connectivity index (χ3v) is 2.67. The van der Waals surface area contributed by atoms with Gasteiger partial charge in [0.15, 0.2) is 0 Å². The molecular formula is C12H16N4O. The first-order chi connectivity index (χ1) is 8.11. The van der Waals surface area contributed by atoms with Crippen LogP contribution in [0.4, 0.5) is 5.82 Å². The topological polar surface area (TPSA) is 77.0 Å². The molecule has 0 spiro atoms. The molecule has 90 valence electrons. The summed E-state index contributed by atoms with van der Waals surface area (Å²) in [6.45, 7) is 4.68. The minimum Gasteiger partial charge on any atom is -0.383 e. The van der Waals surface area contributed by atoms with Gasteiger partial charge in [0.2, 0.25) is 0 Å². The summed E-state index contributed by atoms with van der Waals surface area (Å²) < 4.78 is 1.76. The number of nitrogens with two attached hydrogens (primary N) is 1. The quantitative estimate of drug-likeness (QED) is 0.835. The van der Waals surface area contributed by atoms with Crippen molar-refractivity contribution >= 4 is 5.82 Å². The third kappa shape index (κ3) is 2.29. The van der Waals surface area contributed by atoms with E-state index in [1.807, 2.05) is 26.1 Å². The van der Waals surface area contributed by atoms with Gasteiger partial charge in [-0.2, -0.15) is 5.10 Å². The van der Waals surface area contributed by atoms with Crippen molar-refractivity contribution in [1.82, 2.24) is 14.8 Å². The van der Waals surface area contributed by atoms with E-state index in [9.17, 15) is 5.11 Å². The minimum atomic E-state index is -0.775. The number of anilines is 1. The van der Waals surface area contributed by atoms with Gasteiger partial charge in [0.05, 0.1) is 6.20 Å². The van der Waals surface area contributed by atoms with Gasteiger partial charge in [0.25, 0.3) is 0 Å². The molecule has 0 saturated carbocycles. The minimum absolute atomic E-state index is 0.354. The molecule has 0 fully saturated rings. The summed E-state index contributed by atoms with van der Waals surface area (Å²) in [5.74, 6) is 0.354. The van der Waals surface area contributed by atoms with Crippen molar-refractivity contribution in [3.8, 4) is 0 Å². The average Bonchev–Trinajstić information content (AvgIpc) is 2.80. The summed E-state index contributed by atoms with van der Waals surface area (Å²) in [6, 6.07) is 1.84. The van der Waals surface area contributed by atoms with Crippen molar-refractivity contribution in [2.45, 2.75) is 26.5 Å². The van der Waals surface area contributed by atoms with Gasteiger partial charge in [-0.15, -0.1) is 0 Å². The predicted octanol–water partition coefficient (Wildman–Crippen LogP) is 1.27. The molecule has 17 heavy (non-hydrogen) atoms. The van der Waals surface area contributed by atoms with Gasteiger partial charge in [-0.25, -0.2) is 4.98 Å². The summed E-state index contributed by atoms with van der Waals surface area (Å²) in [7, 11) is 0. The molecule has 0 aliphatic carbocycles. The van der Waals surface area contributed by atoms with Crippen molar-refractivity contribution < 1.29 is 5.11 Å². The maximum absolute atomic E-state index is 10.2. The maximum Gasteiger partial charge on any atom is 0.129 e. The summed E-state index contributed by atoms with van der Waals surface area (Å²) >= 11 is 0. The molecule has 1 atom stereocenters. The Bertz CT molecular complexity index is 521. The lowest BCUT2D eigenvalue weighted by Gasteiger charge is -2.11. The zero-order chi connectivity index (χ0) is 12.4. The zero-order valence-electron chi connectivity index (χ0n) is 9.96. The van der Waals surface area contributed by atoms with Gasteiger partial charge in [-0.3, -0.25) is 4.68 Å². The average molecular weight is 232 g/mol. The van der Waals surface area contributed by atoms with Crippen molar-refractivity contribution in [3.05, 3.63) is 41.3 Å². The molecule has 0 saturated heterocycles. The summed E-state index contributed by atoms with van der Waals surface area (Å²) in [5, 5.41) is 14.4. The van der Waals surface area contributed by atoms with Gasteiger partial charge in [-0.05, 0) is 25.5 Å². The predicted molar refractivity (Wildman–Crippen MR) is 65.3 cm³/mol. The lowest BCUT2D eigenvalue weighted by Crippen LogP contribution is -2.05. The molecule has 2 aromatic rings. The first-order valence-electron chi connectivity index (χ1n) is 5.54. The van der Waals surface area contributed by atoms with E-state index in [0.717, 1.165) is 17.7 Å². The highest BCUT2D eigenvalue weighted by atomic mass is 16.3. The number of aliphatic hydroxyl groups is 1. The second kappa shape index (κ2) is 4.55. The van der Waals surface area contributed by atoms with Crippen LogP contribution >= 0.6 is 0 Å². The van der Waals surface area contributed by atoms with Crippen LogP contribution in [-0.4, -0.2) is 19.9 Å². The van der Waals surface area contributed by atoms with E-state index in [1.54, 1.807) is 17.1 Å². The van der Waals surface area contributed by atoms with Crippen LogP contribution in [0.15, 0.2) is 24.7 Å². The highest BCUT2D eigenvalue weighted by molar-refractivity contribution is 5.45. The molecule has 2 rings (SSSR count). The van der Waals surface area contributed by atoms with Crippen LogP contribution in [-0.2, 0) is 6.54 Å². The van der Waals surface area contributed by atoms with Crippen LogP contribution in [0.25, 0.3) is 0 Å². The number of rotatable bonds is 3. The highest BCUT2D eigenvalue weighted by Gasteiger charge is 2.16. The Morgan fingerprint density at radius 1 is 1.47 bits per heavy atom. The molecule has 0 amide bonds. The molecule has 5 nitrogen and oxygen atoms in total. The Balaban J connectivity index is 2.35. The number of hydrogen-bond donors (Lipinski definition) is 2. The number of nitrogens with zero attached hydrogens (tertiary/aromatic N) is 3. The SMILES string of the molecule is CCn1cc(C(O)c2cc(C)cnc2N)cn1. The van der Waals surface area contributed by atoms with Crippen LogP contribution < -0.4 is 5.73 Å². The van der Waals surface area contributed by atoms with E-state index in [0.29, 0.717) is 11.4 Å². The number of aliphatic hydroxyl groups excluding tert-OH is 1. The summed E-state index contributed by atoms with van der Waals surface area (Å²) in [6.07, 6.45) is 4.37. The number of hydrogen-bond acceptors (Lipinski definition) is 4. The van der Waals surface area contributed by atoms with E-state index in [1.165, 1.54) is 0 Å². The Kier molecular flexibility index (Phi) is 3.10. The van der Waals surface area contributed by atoms with Gasteiger partial charge < -0.3 is 10.8 Å². The summed E-state index contributed by atoms with van der Waals surface area (Å²) in [5.41, 5.74) is 8.09. The van der Waals surface area contributed by atoms with Gasteiger partial charge in [0, 0.05) is 30.1 Å². The lowest BCUT2D eigenvalue weighted by molar-refractivity contribution is 0.220. The Morgan fingerprint density at radius 3 is 2.88 bits per heavy atom. The molecule has 0 bridgehead atoms. The van der Waals surface area contributed by atoms with Crippen molar-refractivity contribution in [2.75, 3.05) is 5.73 Å². The van der Waals surface area contributed by atoms with Gasteiger partial charge in [-0.1, -0.05) is 0 Å². The molecule has 0 aliphatic heterocycles. The Morgan fingerprint density at radius 2 is 2.24 bits per heavy atom. The fourth-order valence-electron chi connectivity index (χ4n) is 1.69. The molecule has 2 aromatic heterocycles. The Labute approximate surface area is 99.9 Å². The zero-order valence-corrected chi connectivity index (χ0v) is 9.96. The number of aryl methyl sites for hydroxylation is 2. The summed E-state index contributed by atoms with van der Waals surface area (Å²) in [4.78, 5) is 4.04. The third-order valence-electron chi connectivity index (χ3n) is 2.67. The molecule has 5 heteroatoms. The number of pyridine rings is 1. The fourth-order valence-corrected chi connectivity index (χ4v) is 1.69. The smallest absolute Gasteiger partial charge is 0.129 e. The second-order valence-electron chi connectivity index (χ2n) is 4.02. The first-order valence-corrected chi connectivity index (χ1v) is 5.54. The number of nitrogen functional groups attached to an aromatic ring is 1. The number of aromatic nitrogens is 3. The van der Waals surface area contributed by atoms with Crippen LogP contribution in [0.5, 0.6) is 0 Å². The van der Waals surface area contributed by atoms with Crippen LogP contribution in [0.1, 0.15) is 29.7 Å². The van der Waals surface area contributed by atoms with Crippen LogP contribution in [0.3, 0.4) is 0 Å². The molecule has 2 heterocycles. The lowest BCUT2D eigenvalue weighted by atomic mass is 10.0. The molecule has 0 aliphatic rings. The maximum atomic E-state index is 10.2. The van der Waals surface area contributed by atoms with E-state index in [4.69, 9.17) is 5.73 Å². The molecule has 0 aromatic carbocycles. The van der Waals surface area contributed by atoms with Crippen LogP contribution in [0, 0.1) is 6.92 Å². The first kappa shape index (κ1) is 11.6. The largest absolute Gasteiger partial charge is 0.383 e. The standard InChI is InChI=1S/C12H16N4O/c1-3-16-7-9(6-15-16)11(17)10-4-8(2)5-14-12(10)13/h4-7,11,17H,3H2,1-2H3,(H2,13,14). The van der Waals surface area contributed by atoms with Crippen LogP contribution in [0.2, 0.25) is 0 Å². The second-order valence-corrected chi connectivity index (χ2v) is 4.02. The molecule has 0 radical (unpaired) electrons. The molecule has 1 unspecified atom stereocenters. The van der Waals surface area contributed by atoms with E-state index < -0.39 is 6.10 Å². The van der Waals surface area contributed by atoms with Crippen molar-refractivity contribution in [2.24, 2.45) is 0 Å². The van der Waals surface area contributed by atoms with Gasteiger partial charge >= 0.3 is 0 Å².